The first kappa shape index (κ1) is 14.9. The molecule has 1 saturated heterocycles. The lowest BCUT2D eigenvalue weighted by Crippen LogP contribution is -2.40. The van der Waals surface area contributed by atoms with Crippen molar-refractivity contribution in [3.8, 4) is 0 Å². The molecule has 2 atom stereocenters. The summed E-state index contributed by atoms with van der Waals surface area (Å²) in [5.74, 6) is 0. The molecule has 1 rings (SSSR count). The molecule has 0 aromatic heterocycles. The van der Waals surface area contributed by atoms with E-state index in [-0.39, 0.29) is 0 Å². The average molecular weight is 242 g/mol. The van der Waals surface area contributed by atoms with Crippen molar-refractivity contribution < 1.29 is 4.74 Å². The summed E-state index contributed by atoms with van der Waals surface area (Å²) < 4.78 is 5.45. The van der Waals surface area contributed by atoms with E-state index in [4.69, 9.17) is 4.74 Å². The van der Waals surface area contributed by atoms with Crippen LogP contribution < -0.4 is 5.32 Å². The molecular weight excluding hydrogens is 212 g/mol. The third-order valence-corrected chi connectivity index (χ3v) is 3.59. The zero-order valence-corrected chi connectivity index (χ0v) is 12.0. The summed E-state index contributed by atoms with van der Waals surface area (Å²) in [4.78, 5) is 2.59. The van der Waals surface area contributed by atoms with Gasteiger partial charge in [-0.1, -0.05) is 0 Å². The summed E-state index contributed by atoms with van der Waals surface area (Å²) in [6.45, 7) is 13.0. The first-order valence-electron chi connectivity index (χ1n) is 7.21. The fourth-order valence-corrected chi connectivity index (χ4v) is 2.55. The first-order chi connectivity index (χ1) is 8.13. The van der Waals surface area contributed by atoms with Crippen molar-refractivity contribution in [2.24, 2.45) is 0 Å². The van der Waals surface area contributed by atoms with Gasteiger partial charge in [-0.05, 0) is 60.0 Å². The van der Waals surface area contributed by atoms with E-state index in [9.17, 15) is 0 Å². The van der Waals surface area contributed by atoms with Gasteiger partial charge in [0.15, 0.2) is 0 Å². The zero-order valence-electron chi connectivity index (χ0n) is 12.0. The molecule has 1 heterocycles. The molecule has 3 nitrogen and oxygen atoms in total. The smallest absolute Gasteiger partial charge is 0.0616 e. The first-order valence-corrected chi connectivity index (χ1v) is 7.21. The normalized spacial score (nSPS) is 24.9. The van der Waals surface area contributed by atoms with Gasteiger partial charge in [0.25, 0.3) is 0 Å². The van der Waals surface area contributed by atoms with Gasteiger partial charge >= 0.3 is 0 Å². The molecule has 1 N–H and O–H groups in total. The Hall–Kier alpha value is -0.120. The topological polar surface area (TPSA) is 24.5 Å². The third kappa shape index (κ3) is 5.84. The molecule has 1 fully saturated rings. The standard InChI is InChI=1S/C14H30N2O/c1-5-17-11-13(4)15-14-7-6-9-16(10-8-14)12(2)3/h12-15H,5-11H2,1-4H3. The van der Waals surface area contributed by atoms with Crippen LogP contribution in [-0.4, -0.2) is 49.3 Å². The monoisotopic (exact) mass is 242 g/mol. The number of nitrogens with zero attached hydrogens (tertiary/aromatic N) is 1. The van der Waals surface area contributed by atoms with Crippen LogP contribution in [0.15, 0.2) is 0 Å². The molecule has 0 spiro atoms. The summed E-state index contributed by atoms with van der Waals surface area (Å²) in [5.41, 5.74) is 0. The van der Waals surface area contributed by atoms with Crippen molar-refractivity contribution in [1.82, 2.24) is 10.2 Å². The van der Waals surface area contributed by atoms with E-state index in [0.717, 1.165) is 13.2 Å². The van der Waals surface area contributed by atoms with E-state index in [2.05, 4.69) is 37.9 Å². The van der Waals surface area contributed by atoms with Crippen LogP contribution in [0, 0.1) is 0 Å². The molecule has 17 heavy (non-hydrogen) atoms. The minimum atomic E-state index is 0.477. The lowest BCUT2D eigenvalue weighted by molar-refractivity contribution is 0.122. The summed E-state index contributed by atoms with van der Waals surface area (Å²) in [6, 6.07) is 1.84. The van der Waals surface area contributed by atoms with Gasteiger partial charge in [0, 0.05) is 24.7 Å². The van der Waals surface area contributed by atoms with Crippen molar-refractivity contribution in [1.29, 1.82) is 0 Å². The maximum Gasteiger partial charge on any atom is 0.0616 e. The summed E-state index contributed by atoms with van der Waals surface area (Å²) in [5, 5.41) is 3.70. The van der Waals surface area contributed by atoms with Gasteiger partial charge in [-0.2, -0.15) is 0 Å². The highest BCUT2D eigenvalue weighted by Gasteiger charge is 2.19. The van der Waals surface area contributed by atoms with Crippen LogP contribution in [0.3, 0.4) is 0 Å². The van der Waals surface area contributed by atoms with Gasteiger partial charge in [0.05, 0.1) is 6.61 Å². The van der Waals surface area contributed by atoms with E-state index in [0.29, 0.717) is 18.1 Å². The Morgan fingerprint density at radius 1 is 1.24 bits per heavy atom. The number of rotatable bonds is 6. The van der Waals surface area contributed by atoms with Crippen LogP contribution in [0.1, 0.15) is 47.0 Å². The van der Waals surface area contributed by atoms with Crippen LogP contribution in [-0.2, 0) is 4.74 Å². The summed E-state index contributed by atoms with van der Waals surface area (Å²) in [7, 11) is 0. The molecule has 0 aromatic rings. The van der Waals surface area contributed by atoms with Gasteiger partial charge in [0.1, 0.15) is 0 Å². The zero-order chi connectivity index (χ0) is 12.7. The van der Waals surface area contributed by atoms with Gasteiger partial charge in [0.2, 0.25) is 0 Å². The van der Waals surface area contributed by atoms with Crippen LogP contribution in [0.2, 0.25) is 0 Å². The molecule has 1 aliphatic rings. The largest absolute Gasteiger partial charge is 0.380 e. The Labute approximate surface area is 107 Å². The molecule has 0 saturated carbocycles. The number of nitrogens with one attached hydrogen (secondary N) is 1. The van der Waals surface area contributed by atoms with Gasteiger partial charge < -0.3 is 15.0 Å². The molecule has 0 aromatic carbocycles. The summed E-state index contributed by atoms with van der Waals surface area (Å²) >= 11 is 0. The molecular formula is C14H30N2O. The Balaban J connectivity index is 2.26. The highest BCUT2D eigenvalue weighted by atomic mass is 16.5. The highest BCUT2D eigenvalue weighted by Crippen LogP contribution is 2.13. The van der Waals surface area contributed by atoms with Crippen molar-refractivity contribution >= 4 is 0 Å². The second-order valence-corrected chi connectivity index (χ2v) is 5.48. The van der Waals surface area contributed by atoms with E-state index in [1.54, 1.807) is 0 Å². The fourth-order valence-electron chi connectivity index (χ4n) is 2.55. The average Bonchev–Trinajstić information content (AvgIpc) is 2.52. The highest BCUT2D eigenvalue weighted by molar-refractivity contribution is 4.78. The van der Waals surface area contributed by atoms with E-state index >= 15 is 0 Å². The van der Waals surface area contributed by atoms with Crippen molar-refractivity contribution in [2.45, 2.75) is 65.1 Å². The van der Waals surface area contributed by atoms with Crippen LogP contribution in [0.5, 0.6) is 0 Å². The Morgan fingerprint density at radius 3 is 2.65 bits per heavy atom. The second kappa shape index (κ2) is 8.06. The van der Waals surface area contributed by atoms with E-state index < -0.39 is 0 Å². The predicted molar refractivity (Wildman–Crippen MR) is 73.4 cm³/mol. The minimum absolute atomic E-state index is 0.477. The molecule has 102 valence electrons. The van der Waals surface area contributed by atoms with E-state index in [1.807, 2.05) is 0 Å². The molecule has 2 unspecified atom stereocenters. The van der Waals surface area contributed by atoms with E-state index in [1.165, 1.54) is 32.4 Å². The Kier molecular flexibility index (Phi) is 7.09. The molecule has 0 radical (unpaired) electrons. The number of ether oxygens (including phenoxy) is 1. The maximum absolute atomic E-state index is 5.45. The Bertz CT molecular complexity index is 197. The van der Waals surface area contributed by atoms with Crippen molar-refractivity contribution in [3.05, 3.63) is 0 Å². The molecule has 0 aliphatic carbocycles. The van der Waals surface area contributed by atoms with Gasteiger partial charge in [-0.25, -0.2) is 0 Å². The number of likely N-dealkylation sites (tertiary alicyclic amines) is 1. The molecule has 0 bridgehead atoms. The second-order valence-electron chi connectivity index (χ2n) is 5.48. The lowest BCUT2D eigenvalue weighted by Gasteiger charge is -2.25. The minimum Gasteiger partial charge on any atom is -0.380 e. The molecule has 1 aliphatic heterocycles. The summed E-state index contributed by atoms with van der Waals surface area (Å²) in [6.07, 6.45) is 3.89. The molecule has 0 amide bonds. The predicted octanol–water partition coefficient (Wildman–Crippen LogP) is 2.26. The quantitative estimate of drug-likeness (QED) is 0.773. The number of hydrogen-bond acceptors (Lipinski definition) is 3. The van der Waals surface area contributed by atoms with Gasteiger partial charge in [-0.15, -0.1) is 0 Å². The van der Waals surface area contributed by atoms with Crippen molar-refractivity contribution in [3.63, 3.8) is 0 Å². The van der Waals surface area contributed by atoms with Gasteiger partial charge in [-0.3, -0.25) is 0 Å². The third-order valence-electron chi connectivity index (χ3n) is 3.59. The molecule has 3 heteroatoms. The maximum atomic E-state index is 5.45. The van der Waals surface area contributed by atoms with Crippen molar-refractivity contribution in [2.75, 3.05) is 26.3 Å². The van der Waals surface area contributed by atoms with Crippen LogP contribution in [0.25, 0.3) is 0 Å². The lowest BCUT2D eigenvalue weighted by atomic mass is 10.1. The SMILES string of the molecule is CCOCC(C)NC1CCCN(C(C)C)CC1. The number of hydrogen-bond donors (Lipinski definition) is 1. The fraction of sp³-hybridized carbons (Fsp3) is 1.00. The van der Waals surface area contributed by atoms with Crippen LogP contribution in [0.4, 0.5) is 0 Å². The van der Waals surface area contributed by atoms with Crippen LogP contribution >= 0.6 is 0 Å². The Morgan fingerprint density at radius 2 is 2.00 bits per heavy atom.